The van der Waals surface area contributed by atoms with Crippen molar-refractivity contribution in [2.45, 2.75) is 103 Å². The van der Waals surface area contributed by atoms with Crippen LogP contribution in [0.15, 0.2) is 84.1 Å². The van der Waals surface area contributed by atoms with Gasteiger partial charge >= 0.3 is 30.1 Å². The van der Waals surface area contributed by atoms with E-state index in [0.29, 0.717) is 16.5 Å². The topological polar surface area (TPSA) is 266 Å². The number of amides is 3. The van der Waals surface area contributed by atoms with Crippen molar-refractivity contribution in [3.63, 3.8) is 0 Å². The Labute approximate surface area is 368 Å². The third-order valence-electron chi connectivity index (χ3n) is 9.77. The number of para-hydroxylation sites is 1. The number of carbonyl (C=O) groups is 7. The highest BCUT2D eigenvalue weighted by molar-refractivity contribution is 5.95. The van der Waals surface area contributed by atoms with E-state index in [1.54, 1.807) is 65.8 Å². The highest BCUT2D eigenvalue weighted by Crippen LogP contribution is 2.44. The molecule has 0 fully saturated rings. The summed E-state index contributed by atoms with van der Waals surface area (Å²) in [5.74, 6) is -6.05. The molecule has 0 unspecified atom stereocenters. The Balaban J connectivity index is 1.44. The molecule has 0 spiro atoms. The van der Waals surface area contributed by atoms with Crippen LogP contribution in [-0.2, 0) is 49.3 Å². The molecule has 1 aromatic heterocycles. The number of nitrogens with zero attached hydrogens (tertiary/aromatic N) is 4. The molecule has 0 saturated carbocycles. The Morgan fingerprint density at radius 1 is 0.828 bits per heavy atom. The molecule has 4 N–H and O–H groups in total. The summed E-state index contributed by atoms with van der Waals surface area (Å²) in [6.45, 7) is 10.1. The number of carbonyl (C=O) groups excluding carboxylic acids is 6. The van der Waals surface area contributed by atoms with Crippen molar-refractivity contribution in [3.05, 3.63) is 106 Å². The standard InChI is InChI=1S/C45H51N7O12/c1-25(38(40(57)47-22-36(53)54)49-39(56)33(50-51-46)21-37(55)63-44(2,3)4)62-41(58)34(20-26-23-52(43(60)64-45(5,6)7)35-19-13-12-14-27(26)35)48-42(59)61-24-32-30-17-10-8-15-28(30)29-16-9-11-18-31(29)32/h8-19,23,25,32-34,38H,20-22,24H2,1-7H3,(H,47,57)(H,48,59)(H,49,56)(H,53,54)/t25-,33+,34+,38+/m1/s1. The maximum atomic E-state index is 14.3. The summed E-state index contributed by atoms with van der Waals surface area (Å²) >= 11 is 0. The number of hydrogen-bond donors (Lipinski definition) is 4. The van der Waals surface area contributed by atoms with Crippen LogP contribution < -0.4 is 16.0 Å². The Morgan fingerprint density at radius 2 is 1.42 bits per heavy atom. The fourth-order valence-corrected chi connectivity index (χ4v) is 7.11. The summed E-state index contributed by atoms with van der Waals surface area (Å²) in [6, 6.07) is 17.1. The number of nitrogens with one attached hydrogen (secondary N) is 3. The number of carboxylic acid groups (broad SMARTS) is 1. The van der Waals surface area contributed by atoms with Crippen LogP contribution in [0.2, 0.25) is 0 Å². The van der Waals surface area contributed by atoms with Crippen LogP contribution in [-0.4, -0.2) is 100 Å². The van der Waals surface area contributed by atoms with Crippen molar-refractivity contribution in [1.82, 2.24) is 20.5 Å². The van der Waals surface area contributed by atoms with Gasteiger partial charge in [0.15, 0.2) is 0 Å². The Hall–Kier alpha value is -7.40. The summed E-state index contributed by atoms with van der Waals surface area (Å²) in [7, 11) is 0. The predicted molar refractivity (Wildman–Crippen MR) is 231 cm³/mol. The molecule has 0 radical (unpaired) electrons. The van der Waals surface area contributed by atoms with E-state index < -0.39 is 90.3 Å². The van der Waals surface area contributed by atoms with E-state index in [-0.39, 0.29) is 18.9 Å². The lowest BCUT2D eigenvalue weighted by Crippen LogP contribution is -2.57. The zero-order valence-electron chi connectivity index (χ0n) is 36.4. The van der Waals surface area contributed by atoms with E-state index in [1.165, 1.54) is 17.7 Å². The van der Waals surface area contributed by atoms with Gasteiger partial charge in [-0.1, -0.05) is 71.8 Å². The lowest BCUT2D eigenvalue weighted by atomic mass is 9.98. The van der Waals surface area contributed by atoms with Crippen LogP contribution in [0.4, 0.5) is 9.59 Å². The highest BCUT2D eigenvalue weighted by Gasteiger charge is 2.36. The number of esters is 2. The van der Waals surface area contributed by atoms with Crippen molar-refractivity contribution in [2.75, 3.05) is 13.2 Å². The Morgan fingerprint density at radius 3 is 2.02 bits per heavy atom. The predicted octanol–water partition coefficient (Wildman–Crippen LogP) is 5.90. The van der Waals surface area contributed by atoms with Crippen molar-refractivity contribution in [2.24, 2.45) is 5.11 Å². The molecule has 19 heteroatoms. The molecule has 64 heavy (non-hydrogen) atoms. The van der Waals surface area contributed by atoms with E-state index >= 15 is 0 Å². The number of alkyl carbamates (subject to hydrolysis) is 1. The number of carboxylic acids is 1. The zero-order valence-corrected chi connectivity index (χ0v) is 36.4. The molecule has 1 heterocycles. The molecule has 19 nitrogen and oxygen atoms in total. The van der Waals surface area contributed by atoms with Gasteiger partial charge in [-0.15, -0.1) is 0 Å². The molecule has 338 valence electrons. The minimum Gasteiger partial charge on any atom is -0.480 e. The molecule has 0 bridgehead atoms. The summed E-state index contributed by atoms with van der Waals surface area (Å²) < 4.78 is 23.6. The summed E-state index contributed by atoms with van der Waals surface area (Å²) in [5.41, 5.74) is 12.1. The van der Waals surface area contributed by atoms with E-state index in [1.807, 2.05) is 48.5 Å². The van der Waals surface area contributed by atoms with Crippen molar-refractivity contribution in [1.29, 1.82) is 0 Å². The van der Waals surface area contributed by atoms with Gasteiger partial charge in [-0.25, -0.2) is 14.4 Å². The van der Waals surface area contributed by atoms with Crippen LogP contribution in [0.3, 0.4) is 0 Å². The molecule has 0 aliphatic heterocycles. The van der Waals surface area contributed by atoms with Gasteiger partial charge in [0.2, 0.25) is 11.8 Å². The number of hydrogen-bond acceptors (Lipinski definition) is 12. The smallest absolute Gasteiger partial charge is 0.419 e. The average molecular weight is 882 g/mol. The van der Waals surface area contributed by atoms with Crippen LogP contribution in [0, 0.1) is 0 Å². The summed E-state index contributed by atoms with van der Waals surface area (Å²) in [5, 5.41) is 20.1. The minimum atomic E-state index is -1.82. The molecule has 3 amide bonds. The fourth-order valence-electron chi connectivity index (χ4n) is 7.11. The third-order valence-corrected chi connectivity index (χ3v) is 9.77. The second-order valence-electron chi connectivity index (χ2n) is 17.0. The first-order valence-electron chi connectivity index (χ1n) is 20.4. The largest absolute Gasteiger partial charge is 0.480 e. The first kappa shape index (κ1) is 47.6. The number of benzene rings is 3. The van der Waals surface area contributed by atoms with Gasteiger partial charge in [-0.2, -0.15) is 0 Å². The van der Waals surface area contributed by atoms with Gasteiger partial charge in [0.1, 0.15) is 48.6 Å². The Bertz CT molecular complexity index is 2440. The maximum Gasteiger partial charge on any atom is 0.419 e. The number of ether oxygens (including phenoxy) is 4. The first-order chi connectivity index (χ1) is 30.1. The molecular formula is C45H51N7O12. The fraction of sp³-hybridized carbons (Fsp3) is 0.400. The van der Waals surface area contributed by atoms with Gasteiger partial charge < -0.3 is 40.0 Å². The SMILES string of the molecule is C[C@@H](OC(=O)[C@H](Cc1cn(C(=O)OC(C)(C)C)c2ccccc12)NC(=O)OCC1c2ccccc2-c2ccccc21)[C@H](NC(=O)[C@H](CC(=O)OC(C)(C)C)N=[N+]=[N-])C(=O)NCC(=O)O. The molecule has 5 rings (SSSR count). The molecule has 3 aromatic carbocycles. The Kier molecular flexibility index (Phi) is 15.0. The van der Waals surface area contributed by atoms with Crippen molar-refractivity contribution in [3.8, 4) is 11.1 Å². The van der Waals surface area contributed by atoms with Crippen molar-refractivity contribution >= 4 is 52.8 Å². The van der Waals surface area contributed by atoms with E-state index in [9.17, 15) is 44.2 Å². The zero-order chi connectivity index (χ0) is 46.9. The number of aliphatic carboxylic acids is 1. The monoisotopic (exact) mass is 881 g/mol. The molecule has 4 aromatic rings. The van der Waals surface area contributed by atoms with Gasteiger partial charge in [0.25, 0.3) is 0 Å². The number of rotatable bonds is 16. The second kappa shape index (κ2) is 20.2. The minimum absolute atomic E-state index is 0.108. The number of aromatic nitrogens is 1. The van der Waals surface area contributed by atoms with Gasteiger partial charge in [0.05, 0.1) is 11.9 Å². The highest BCUT2D eigenvalue weighted by atomic mass is 16.6. The number of fused-ring (bicyclic) bond motifs is 4. The van der Waals surface area contributed by atoms with Crippen LogP contribution in [0.1, 0.15) is 77.5 Å². The van der Waals surface area contributed by atoms with Crippen LogP contribution in [0.25, 0.3) is 32.5 Å². The van der Waals surface area contributed by atoms with Crippen LogP contribution in [0.5, 0.6) is 0 Å². The lowest BCUT2D eigenvalue weighted by Gasteiger charge is -2.27. The summed E-state index contributed by atoms with van der Waals surface area (Å²) in [6.07, 6.45) is -2.85. The quantitative estimate of drug-likeness (QED) is 0.0337. The lowest BCUT2D eigenvalue weighted by molar-refractivity contribution is -0.156. The van der Waals surface area contributed by atoms with Crippen LogP contribution >= 0.6 is 0 Å². The molecular weight excluding hydrogens is 831 g/mol. The van der Waals surface area contributed by atoms with E-state index in [2.05, 4.69) is 26.0 Å². The normalized spacial score (nSPS) is 14.0. The van der Waals surface area contributed by atoms with E-state index in [0.717, 1.165) is 22.3 Å². The molecule has 1 aliphatic rings. The summed E-state index contributed by atoms with van der Waals surface area (Å²) in [4.78, 5) is 94.8. The van der Waals surface area contributed by atoms with Crippen molar-refractivity contribution < 1.29 is 57.6 Å². The molecule has 1 aliphatic carbocycles. The second-order valence-corrected chi connectivity index (χ2v) is 17.0. The van der Waals surface area contributed by atoms with Gasteiger partial charge in [-0.05, 0) is 87.9 Å². The molecule has 0 saturated heterocycles. The first-order valence-corrected chi connectivity index (χ1v) is 20.4. The van der Waals surface area contributed by atoms with Gasteiger partial charge in [-0.3, -0.25) is 23.7 Å². The third kappa shape index (κ3) is 12.4. The maximum absolute atomic E-state index is 14.3. The van der Waals surface area contributed by atoms with Gasteiger partial charge in [0, 0.05) is 28.8 Å². The number of azide groups is 1. The molecule has 4 atom stereocenters. The average Bonchev–Trinajstić information content (AvgIpc) is 3.74. The van der Waals surface area contributed by atoms with E-state index in [4.69, 9.17) is 18.9 Å².